The van der Waals surface area contributed by atoms with Crippen molar-refractivity contribution in [2.75, 3.05) is 26.8 Å². The Hall–Kier alpha value is -1.06. The van der Waals surface area contributed by atoms with Crippen LogP contribution >= 0.6 is 0 Å². The summed E-state index contributed by atoms with van der Waals surface area (Å²) in [6, 6.07) is 8.26. The molecule has 1 atom stereocenters. The van der Waals surface area contributed by atoms with E-state index in [-0.39, 0.29) is 6.10 Å². The van der Waals surface area contributed by atoms with E-state index in [9.17, 15) is 0 Å². The summed E-state index contributed by atoms with van der Waals surface area (Å²) >= 11 is 0. The van der Waals surface area contributed by atoms with Crippen molar-refractivity contribution in [3.8, 4) is 5.75 Å². The number of hydrogen-bond acceptors (Lipinski definition) is 3. The van der Waals surface area contributed by atoms with Gasteiger partial charge in [-0.05, 0) is 30.5 Å². The van der Waals surface area contributed by atoms with Crippen molar-refractivity contribution in [1.82, 2.24) is 5.32 Å². The first-order valence-electron chi connectivity index (χ1n) is 7.78. The molecule has 1 saturated carbocycles. The molecular weight excluding hydrogens is 250 g/mol. The Balaban J connectivity index is 1.66. The maximum absolute atomic E-state index is 6.25. The molecule has 1 spiro atoms. The van der Waals surface area contributed by atoms with Crippen LogP contribution in [0.3, 0.4) is 0 Å². The van der Waals surface area contributed by atoms with Crippen LogP contribution in [0.15, 0.2) is 24.3 Å². The third kappa shape index (κ3) is 2.99. The first-order chi connectivity index (χ1) is 9.81. The highest BCUT2D eigenvalue weighted by atomic mass is 16.5. The second-order valence-electron chi connectivity index (χ2n) is 6.26. The summed E-state index contributed by atoms with van der Waals surface area (Å²) in [6.07, 6.45) is 6.91. The van der Waals surface area contributed by atoms with Crippen molar-refractivity contribution in [2.24, 2.45) is 5.41 Å². The van der Waals surface area contributed by atoms with Crippen molar-refractivity contribution < 1.29 is 9.47 Å². The van der Waals surface area contributed by atoms with Crippen LogP contribution in [0.5, 0.6) is 5.75 Å². The zero-order valence-electron chi connectivity index (χ0n) is 12.4. The fourth-order valence-electron chi connectivity index (χ4n) is 3.51. The highest BCUT2D eigenvalue weighted by molar-refractivity contribution is 5.28. The van der Waals surface area contributed by atoms with E-state index in [1.54, 1.807) is 7.11 Å². The SMILES string of the molecule is COc1ccc(C2CNCC3(CCCCC3)CO2)cc1. The fourth-order valence-corrected chi connectivity index (χ4v) is 3.51. The van der Waals surface area contributed by atoms with Gasteiger partial charge in [0.15, 0.2) is 0 Å². The highest BCUT2D eigenvalue weighted by Gasteiger charge is 2.35. The van der Waals surface area contributed by atoms with Gasteiger partial charge in [0.2, 0.25) is 0 Å². The average Bonchev–Trinajstić information content (AvgIpc) is 2.71. The maximum atomic E-state index is 6.25. The van der Waals surface area contributed by atoms with E-state index in [1.807, 2.05) is 12.1 Å². The van der Waals surface area contributed by atoms with Gasteiger partial charge >= 0.3 is 0 Å². The summed E-state index contributed by atoms with van der Waals surface area (Å²) in [7, 11) is 1.70. The van der Waals surface area contributed by atoms with Gasteiger partial charge in [0.05, 0.1) is 19.8 Å². The van der Waals surface area contributed by atoms with Crippen molar-refractivity contribution in [3.63, 3.8) is 0 Å². The number of benzene rings is 1. The molecular formula is C17H25NO2. The molecule has 3 nitrogen and oxygen atoms in total. The van der Waals surface area contributed by atoms with Crippen molar-refractivity contribution in [3.05, 3.63) is 29.8 Å². The molecule has 1 saturated heterocycles. The minimum atomic E-state index is 0.169. The molecule has 2 aliphatic rings. The number of rotatable bonds is 2. The summed E-state index contributed by atoms with van der Waals surface area (Å²) in [4.78, 5) is 0. The minimum Gasteiger partial charge on any atom is -0.497 e. The smallest absolute Gasteiger partial charge is 0.118 e. The first kappa shape index (κ1) is 13.9. The quantitative estimate of drug-likeness (QED) is 0.898. The molecule has 1 heterocycles. The molecule has 20 heavy (non-hydrogen) atoms. The highest BCUT2D eigenvalue weighted by Crippen LogP contribution is 2.38. The summed E-state index contributed by atoms with van der Waals surface area (Å²) in [5.74, 6) is 0.902. The second-order valence-corrected chi connectivity index (χ2v) is 6.26. The van der Waals surface area contributed by atoms with E-state index >= 15 is 0 Å². The lowest BCUT2D eigenvalue weighted by Crippen LogP contribution is -2.37. The zero-order valence-corrected chi connectivity index (χ0v) is 12.4. The number of nitrogens with one attached hydrogen (secondary N) is 1. The maximum Gasteiger partial charge on any atom is 0.118 e. The fraction of sp³-hybridized carbons (Fsp3) is 0.647. The topological polar surface area (TPSA) is 30.5 Å². The van der Waals surface area contributed by atoms with E-state index in [0.29, 0.717) is 5.41 Å². The monoisotopic (exact) mass is 275 g/mol. The van der Waals surface area contributed by atoms with Crippen LogP contribution in [0.1, 0.15) is 43.8 Å². The normalized spacial score (nSPS) is 26.1. The van der Waals surface area contributed by atoms with Gasteiger partial charge in [-0.3, -0.25) is 0 Å². The molecule has 0 bridgehead atoms. The molecule has 2 fully saturated rings. The van der Waals surface area contributed by atoms with Gasteiger partial charge in [-0.2, -0.15) is 0 Å². The number of methoxy groups -OCH3 is 1. The third-order valence-corrected chi connectivity index (χ3v) is 4.82. The second kappa shape index (κ2) is 6.15. The van der Waals surface area contributed by atoms with Crippen LogP contribution in [0.25, 0.3) is 0 Å². The first-order valence-corrected chi connectivity index (χ1v) is 7.78. The van der Waals surface area contributed by atoms with Crippen LogP contribution in [0, 0.1) is 5.41 Å². The Morgan fingerprint density at radius 3 is 2.60 bits per heavy atom. The lowest BCUT2D eigenvalue weighted by Gasteiger charge is -2.35. The van der Waals surface area contributed by atoms with E-state index in [1.165, 1.54) is 37.7 Å². The van der Waals surface area contributed by atoms with Crippen molar-refractivity contribution >= 4 is 0 Å². The lowest BCUT2D eigenvalue weighted by atomic mass is 9.74. The van der Waals surface area contributed by atoms with Gasteiger partial charge in [0.1, 0.15) is 5.75 Å². The van der Waals surface area contributed by atoms with Crippen LogP contribution in [-0.4, -0.2) is 26.8 Å². The largest absolute Gasteiger partial charge is 0.497 e. The molecule has 110 valence electrons. The predicted octanol–water partition coefficient (Wildman–Crippen LogP) is 3.31. The lowest BCUT2D eigenvalue weighted by molar-refractivity contribution is -0.00141. The van der Waals surface area contributed by atoms with Gasteiger partial charge < -0.3 is 14.8 Å². The van der Waals surface area contributed by atoms with Gasteiger partial charge in [-0.25, -0.2) is 0 Å². The Morgan fingerprint density at radius 1 is 1.15 bits per heavy atom. The molecule has 3 rings (SSSR count). The van der Waals surface area contributed by atoms with Gasteiger partial charge in [0.25, 0.3) is 0 Å². The molecule has 1 aliphatic heterocycles. The number of ether oxygens (including phenoxy) is 2. The zero-order chi connectivity index (χ0) is 13.8. The Morgan fingerprint density at radius 2 is 1.90 bits per heavy atom. The molecule has 3 heteroatoms. The molecule has 1 aliphatic carbocycles. The van der Waals surface area contributed by atoms with E-state index in [2.05, 4.69) is 17.4 Å². The summed E-state index contributed by atoms with van der Waals surface area (Å²) in [6.45, 7) is 2.92. The van der Waals surface area contributed by atoms with Gasteiger partial charge in [-0.1, -0.05) is 31.4 Å². The van der Waals surface area contributed by atoms with Crippen LogP contribution < -0.4 is 10.1 Å². The van der Waals surface area contributed by atoms with Crippen molar-refractivity contribution in [2.45, 2.75) is 38.2 Å². The minimum absolute atomic E-state index is 0.169. The average molecular weight is 275 g/mol. The van der Waals surface area contributed by atoms with Crippen LogP contribution in [-0.2, 0) is 4.74 Å². The Bertz CT molecular complexity index is 423. The number of hydrogen-bond donors (Lipinski definition) is 1. The molecule has 1 aromatic carbocycles. The van der Waals surface area contributed by atoms with Gasteiger partial charge in [-0.15, -0.1) is 0 Å². The van der Waals surface area contributed by atoms with Gasteiger partial charge in [0, 0.05) is 18.5 Å². The molecule has 0 amide bonds. The molecule has 1 unspecified atom stereocenters. The summed E-state index contributed by atoms with van der Waals surface area (Å²) < 4.78 is 11.5. The Labute approximate surface area is 121 Å². The van der Waals surface area contributed by atoms with E-state index in [4.69, 9.17) is 9.47 Å². The Kier molecular flexibility index (Phi) is 4.27. The van der Waals surface area contributed by atoms with Crippen LogP contribution in [0.2, 0.25) is 0 Å². The molecule has 0 aromatic heterocycles. The van der Waals surface area contributed by atoms with Crippen LogP contribution in [0.4, 0.5) is 0 Å². The molecule has 1 aromatic rings. The summed E-state index contributed by atoms with van der Waals surface area (Å²) in [5, 5.41) is 3.63. The molecule has 1 N–H and O–H groups in total. The standard InChI is InChI=1S/C17H25NO2/c1-19-15-7-5-14(6-8-15)16-11-18-12-17(13-20-16)9-3-2-4-10-17/h5-8,16,18H,2-4,9-13H2,1H3. The van der Waals surface area contributed by atoms with Crippen molar-refractivity contribution in [1.29, 1.82) is 0 Å². The summed E-state index contributed by atoms with van der Waals surface area (Å²) in [5.41, 5.74) is 1.63. The van der Waals surface area contributed by atoms with E-state index in [0.717, 1.165) is 25.4 Å². The predicted molar refractivity (Wildman–Crippen MR) is 80.1 cm³/mol. The third-order valence-electron chi connectivity index (χ3n) is 4.82. The van der Waals surface area contributed by atoms with E-state index < -0.39 is 0 Å². The molecule has 0 radical (unpaired) electrons.